The molecule has 0 aromatic carbocycles. The van der Waals surface area contributed by atoms with Gasteiger partial charge >= 0.3 is 0 Å². The maximum Gasteiger partial charge on any atom is 0.186 e. The van der Waals surface area contributed by atoms with Gasteiger partial charge < -0.3 is 0 Å². The van der Waals surface area contributed by atoms with Crippen LogP contribution in [0.5, 0.6) is 0 Å². The molecule has 0 amide bonds. The Kier molecular flexibility index (Phi) is 4.26. The van der Waals surface area contributed by atoms with Crippen LogP contribution in [0.15, 0.2) is 30.6 Å². The average Bonchev–Trinajstić information content (AvgIpc) is 2.14. The van der Waals surface area contributed by atoms with E-state index in [-0.39, 0.29) is 5.12 Å². The predicted octanol–water partition coefficient (Wildman–Crippen LogP) is 2.37. The molecule has 0 fully saturated rings. The van der Waals surface area contributed by atoms with Gasteiger partial charge in [-0.1, -0.05) is 23.9 Å². The lowest BCUT2D eigenvalue weighted by atomic mass is 10.2. The number of hydrogen-bond donors (Lipinski definition) is 0. The van der Waals surface area contributed by atoms with Crippen LogP contribution in [0.3, 0.4) is 0 Å². The third-order valence-corrected chi connectivity index (χ3v) is 2.16. The van der Waals surface area contributed by atoms with E-state index < -0.39 is 0 Å². The van der Waals surface area contributed by atoms with E-state index in [9.17, 15) is 4.79 Å². The number of carbonyl (C=O) groups is 1. The van der Waals surface area contributed by atoms with Gasteiger partial charge in [0, 0.05) is 25.1 Å². The zero-order valence-corrected chi connectivity index (χ0v) is 8.25. The Labute approximate surface area is 82.1 Å². The molecule has 1 heterocycles. The molecular formula is C10H11NOS. The number of thioether (sulfide) groups is 1. The summed E-state index contributed by atoms with van der Waals surface area (Å²) in [5, 5.41) is 0.152. The predicted molar refractivity (Wildman–Crippen MR) is 56.4 cm³/mol. The Hall–Kier alpha value is -1.09. The minimum atomic E-state index is 0.152. The third-order valence-electron chi connectivity index (χ3n) is 1.40. The summed E-state index contributed by atoms with van der Waals surface area (Å²) >= 11 is 1.31. The van der Waals surface area contributed by atoms with Gasteiger partial charge in [-0.05, 0) is 17.7 Å². The van der Waals surface area contributed by atoms with Crippen molar-refractivity contribution in [1.82, 2.24) is 4.98 Å². The molecule has 13 heavy (non-hydrogen) atoms. The summed E-state index contributed by atoms with van der Waals surface area (Å²) in [6.07, 6.45) is 7.45. The fourth-order valence-electron chi connectivity index (χ4n) is 0.824. The molecule has 1 aromatic heterocycles. The van der Waals surface area contributed by atoms with Crippen LogP contribution in [0.4, 0.5) is 0 Å². The number of pyridine rings is 1. The zero-order chi connectivity index (χ0) is 9.52. The summed E-state index contributed by atoms with van der Waals surface area (Å²) in [5.41, 5.74) is 1.11. The Bertz CT molecular complexity index is 295. The number of rotatable bonds is 3. The van der Waals surface area contributed by atoms with Gasteiger partial charge in [0.15, 0.2) is 5.12 Å². The molecule has 0 bridgehead atoms. The van der Waals surface area contributed by atoms with E-state index in [0.29, 0.717) is 0 Å². The van der Waals surface area contributed by atoms with E-state index in [1.165, 1.54) is 11.8 Å². The lowest BCUT2D eigenvalue weighted by Crippen LogP contribution is -1.81. The first-order chi connectivity index (χ1) is 6.29. The summed E-state index contributed by atoms with van der Waals surface area (Å²) in [4.78, 5) is 14.5. The molecule has 0 N–H and O–H groups in total. The fraction of sp³-hybridized carbons (Fsp3) is 0.200. The van der Waals surface area contributed by atoms with Crippen LogP contribution in [-0.2, 0) is 4.79 Å². The Morgan fingerprint density at radius 1 is 1.54 bits per heavy atom. The van der Waals surface area contributed by atoms with E-state index in [4.69, 9.17) is 0 Å². The molecule has 0 spiro atoms. The summed E-state index contributed by atoms with van der Waals surface area (Å²) in [7, 11) is 0. The SMILES string of the molecule is CC(=O)SCC=Cc1ccncc1. The topological polar surface area (TPSA) is 30.0 Å². The molecule has 3 heteroatoms. The quantitative estimate of drug-likeness (QED) is 0.738. The van der Waals surface area contributed by atoms with Crippen LogP contribution >= 0.6 is 11.8 Å². The molecule has 2 nitrogen and oxygen atoms in total. The van der Waals surface area contributed by atoms with Gasteiger partial charge in [0.2, 0.25) is 0 Å². The van der Waals surface area contributed by atoms with Gasteiger partial charge in [-0.3, -0.25) is 9.78 Å². The first kappa shape index (κ1) is 9.99. The highest BCUT2D eigenvalue weighted by molar-refractivity contribution is 8.13. The normalized spacial score (nSPS) is 10.5. The molecule has 68 valence electrons. The van der Waals surface area contributed by atoms with E-state index in [0.717, 1.165) is 11.3 Å². The van der Waals surface area contributed by atoms with Crippen molar-refractivity contribution in [3.63, 3.8) is 0 Å². The lowest BCUT2D eigenvalue weighted by molar-refractivity contribution is -0.109. The largest absolute Gasteiger partial charge is 0.288 e. The summed E-state index contributed by atoms with van der Waals surface area (Å²) in [6.45, 7) is 1.57. The van der Waals surface area contributed by atoms with E-state index in [1.54, 1.807) is 19.3 Å². The van der Waals surface area contributed by atoms with Gasteiger partial charge in [-0.15, -0.1) is 0 Å². The molecule has 0 saturated heterocycles. The maximum atomic E-state index is 10.6. The Morgan fingerprint density at radius 2 is 2.23 bits per heavy atom. The number of hydrogen-bond acceptors (Lipinski definition) is 3. The second kappa shape index (κ2) is 5.54. The van der Waals surface area contributed by atoms with Crippen molar-refractivity contribution in [3.8, 4) is 0 Å². The molecule has 0 radical (unpaired) electrons. The van der Waals surface area contributed by atoms with Gasteiger partial charge in [0.25, 0.3) is 0 Å². The molecule has 0 atom stereocenters. The number of carbonyl (C=O) groups excluding carboxylic acids is 1. The molecule has 1 rings (SSSR count). The fourth-order valence-corrected chi connectivity index (χ4v) is 1.25. The molecule has 0 saturated carbocycles. The van der Waals surface area contributed by atoms with Crippen molar-refractivity contribution in [2.45, 2.75) is 6.92 Å². The first-order valence-corrected chi connectivity index (χ1v) is 4.97. The minimum absolute atomic E-state index is 0.152. The van der Waals surface area contributed by atoms with Gasteiger partial charge in [-0.2, -0.15) is 0 Å². The number of nitrogens with zero attached hydrogens (tertiary/aromatic N) is 1. The highest BCUT2D eigenvalue weighted by Crippen LogP contribution is 2.04. The van der Waals surface area contributed by atoms with Crippen LogP contribution in [0.1, 0.15) is 12.5 Å². The third kappa shape index (κ3) is 4.48. The number of aromatic nitrogens is 1. The summed E-state index contributed by atoms with van der Waals surface area (Å²) < 4.78 is 0. The Balaban J connectivity index is 2.37. The highest BCUT2D eigenvalue weighted by Gasteiger charge is 1.89. The molecule has 0 aliphatic rings. The molecule has 0 unspecified atom stereocenters. The second-order valence-electron chi connectivity index (χ2n) is 2.49. The van der Waals surface area contributed by atoms with Crippen molar-refractivity contribution in [1.29, 1.82) is 0 Å². The van der Waals surface area contributed by atoms with Crippen LogP contribution < -0.4 is 0 Å². The minimum Gasteiger partial charge on any atom is -0.288 e. The average molecular weight is 193 g/mol. The standard InChI is InChI=1S/C10H11NOS/c1-9(12)13-8-2-3-10-4-6-11-7-5-10/h2-7H,8H2,1H3. The summed E-state index contributed by atoms with van der Waals surface area (Å²) in [5.74, 6) is 0.734. The molecular weight excluding hydrogens is 182 g/mol. The van der Waals surface area contributed by atoms with Crippen LogP contribution in [-0.4, -0.2) is 15.9 Å². The van der Waals surface area contributed by atoms with Crippen molar-refractivity contribution in [2.24, 2.45) is 0 Å². The molecule has 1 aromatic rings. The van der Waals surface area contributed by atoms with Crippen molar-refractivity contribution in [3.05, 3.63) is 36.2 Å². The Morgan fingerprint density at radius 3 is 2.85 bits per heavy atom. The lowest BCUT2D eigenvalue weighted by Gasteiger charge is -1.90. The maximum absolute atomic E-state index is 10.6. The van der Waals surface area contributed by atoms with Crippen LogP contribution in [0, 0.1) is 0 Å². The smallest absolute Gasteiger partial charge is 0.186 e. The zero-order valence-electron chi connectivity index (χ0n) is 7.43. The van der Waals surface area contributed by atoms with Gasteiger partial charge in [0.1, 0.15) is 0 Å². The van der Waals surface area contributed by atoms with Gasteiger partial charge in [-0.25, -0.2) is 0 Å². The van der Waals surface area contributed by atoms with Crippen LogP contribution in [0.25, 0.3) is 6.08 Å². The second-order valence-corrected chi connectivity index (χ2v) is 3.68. The van der Waals surface area contributed by atoms with Crippen molar-refractivity contribution >= 4 is 23.0 Å². The van der Waals surface area contributed by atoms with Crippen LogP contribution in [0.2, 0.25) is 0 Å². The summed E-state index contributed by atoms with van der Waals surface area (Å²) in [6, 6.07) is 3.85. The van der Waals surface area contributed by atoms with E-state index in [2.05, 4.69) is 4.98 Å². The molecule has 0 aliphatic carbocycles. The van der Waals surface area contributed by atoms with E-state index in [1.807, 2.05) is 24.3 Å². The van der Waals surface area contributed by atoms with Crippen molar-refractivity contribution < 1.29 is 4.79 Å². The first-order valence-electron chi connectivity index (χ1n) is 3.99. The van der Waals surface area contributed by atoms with Crippen molar-refractivity contribution in [2.75, 3.05) is 5.75 Å². The monoisotopic (exact) mass is 193 g/mol. The molecule has 0 aliphatic heterocycles. The van der Waals surface area contributed by atoms with E-state index >= 15 is 0 Å². The van der Waals surface area contributed by atoms with Gasteiger partial charge in [0.05, 0.1) is 0 Å². The highest BCUT2D eigenvalue weighted by atomic mass is 32.2.